The summed E-state index contributed by atoms with van der Waals surface area (Å²) in [6.07, 6.45) is 4.75. The van der Waals surface area contributed by atoms with E-state index in [0.717, 1.165) is 41.4 Å². The summed E-state index contributed by atoms with van der Waals surface area (Å²) in [7, 11) is 0. The Morgan fingerprint density at radius 2 is 1.90 bits per heavy atom. The average Bonchev–Trinajstić information content (AvgIpc) is 3.45. The largest absolute Gasteiger partial charge is 0.341 e. The third kappa shape index (κ3) is 4.60. The van der Waals surface area contributed by atoms with Crippen LogP contribution in [-0.4, -0.2) is 39.0 Å². The van der Waals surface area contributed by atoms with Gasteiger partial charge in [-0.15, -0.1) is 10.2 Å². The molecule has 1 saturated carbocycles. The highest BCUT2D eigenvalue weighted by Crippen LogP contribution is 2.42. The van der Waals surface area contributed by atoms with Gasteiger partial charge in [-0.3, -0.25) is 9.36 Å². The van der Waals surface area contributed by atoms with Gasteiger partial charge in [0, 0.05) is 24.8 Å². The number of nitrogens with one attached hydrogen (secondary N) is 1. The van der Waals surface area contributed by atoms with E-state index >= 15 is 0 Å². The third-order valence-corrected chi connectivity index (χ3v) is 6.97. The van der Waals surface area contributed by atoms with E-state index in [1.54, 1.807) is 0 Å². The van der Waals surface area contributed by atoms with Crippen LogP contribution < -0.4 is 10.2 Å². The summed E-state index contributed by atoms with van der Waals surface area (Å²) in [5.74, 6) is 1.77. The fourth-order valence-corrected chi connectivity index (χ4v) is 4.74. The summed E-state index contributed by atoms with van der Waals surface area (Å²) >= 11 is 1.51. The van der Waals surface area contributed by atoms with Crippen molar-refractivity contribution in [2.45, 2.75) is 69.8 Å². The van der Waals surface area contributed by atoms with Gasteiger partial charge >= 0.3 is 0 Å². The number of carbonyl (C=O) groups is 1. The molecule has 1 aromatic carbocycles. The second kappa shape index (κ2) is 8.38. The Labute approximate surface area is 177 Å². The Hall–Kier alpha value is -2.02. The number of hydrogen-bond donors (Lipinski definition) is 1. The predicted octanol–water partition coefficient (Wildman–Crippen LogP) is 4.59. The Bertz CT molecular complexity index is 883. The number of nitrogens with zero attached hydrogens (tertiary/aromatic N) is 4. The molecule has 2 fully saturated rings. The number of anilines is 2. The maximum absolute atomic E-state index is 12.8. The lowest BCUT2D eigenvalue weighted by atomic mass is 10.00. The second-order valence-corrected chi connectivity index (χ2v) is 9.93. The first kappa shape index (κ1) is 20.3. The highest BCUT2D eigenvalue weighted by atomic mass is 32.2. The molecule has 7 heteroatoms. The Morgan fingerprint density at radius 1 is 1.17 bits per heavy atom. The molecule has 1 aliphatic carbocycles. The van der Waals surface area contributed by atoms with Gasteiger partial charge in [0.25, 0.3) is 0 Å². The first-order chi connectivity index (χ1) is 13.9. The molecule has 1 aliphatic heterocycles. The zero-order valence-electron chi connectivity index (χ0n) is 17.8. The number of amides is 1. The van der Waals surface area contributed by atoms with Crippen molar-refractivity contribution in [3.8, 4) is 0 Å². The van der Waals surface area contributed by atoms with Crippen LogP contribution in [0.3, 0.4) is 0 Å². The second-order valence-electron chi connectivity index (χ2n) is 8.62. The quantitative estimate of drug-likeness (QED) is 0.702. The van der Waals surface area contributed by atoms with Crippen molar-refractivity contribution in [3.63, 3.8) is 0 Å². The number of benzene rings is 1. The molecule has 2 heterocycles. The van der Waals surface area contributed by atoms with Gasteiger partial charge in [0.1, 0.15) is 0 Å². The van der Waals surface area contributed by atoms with E-state index in [9.17, 15) is 4.79 Å². The predicted molar refractivity (Wildman–Crippen MR) is 119 cm³/mol. The molecule has 1 saturated heterocycles. The monoisotopic (exact) mass is 413 g/mol. The van der Waals surface area contributed by atoms with Crippen LogP contribution in [0.25, 0.3) is 0 Å². The van der Waals surface area contributed by atoms with Gasteiger partial charge in [-0.05, 0) is 64.0 Å². The van der Waals surface area contributed by atoms with E-state index in [2.05, 4.69) is 44.9 Å². The summed E-state index contributed by atoms with van der Waals surface area (Å²) in [6.45, 7) is 10.4. The Balaban J connectivity index is 1.46. The minimum absolute atomic E-state index is 0.000599. The first-order valence-electron chi connectivity index (χ1n) is 10.7. The number of carbonyl (C=O) groups excluding carboxylic acids is 1. The lowest BCUT2D eigenvalue weighted by molar-refractivity contribution is -0.115. The molecule has 1 atom stereocenters. The SMILES string of the molecule is Cc1ccc(NC(=O)C(C)Sc2nnc(N3CCC(C)CC3)n2C2CC2)c(C)c1. The molecular formula is C22H31N5OS. The number of rotatable bonds is 6. The highest BCUT2D eigenvalue weighted by molar-refractivity contribution is 8.00. The van der Waals surface area contributed by atoms with Crippen LogP contribution in [-0.2, 0) is 4.79 Å². The summed E-state index contributed by atoms with van der Waals surface area (Å²) in [4.78, 5) is 15.2. The summed E-state index contributed by atoms with van der Waals surface area (Å²) in [5, 5.41) is 12.7. The maximum atomic E-state index is 12.8. The van der Waals surface area contributed by atoms with Gasteiger partial charge in [0.2, 0.25) is 11.9 Å². The van der Waals surface area contributed by atoms with Crippen LogP contribution in [0.5, 0.6) is 0 Å². The molecule has 1 amide bonds. The standard InChI is InChI=1S/C22H31N5OS/c1-14-9-11-26(12-10-14)21-24-25-22(27(21)18-6-7-18)29-17(4)20(28)23-19-8-5-15(2)13-16(19)3/h5,8,13-14,17-18H,6-7,9-12H2,1-4H3,(H,23,28). The van der Waals surface area contributed by atoms with Gasteiger partial charge in [0.15, 0.2) is 5.16 Å². The van der Waals surface area contributed by atoms with Gasteiger partial charge in [0.05, 0.1) is 5.25 Å². The van der Waals surface area contributed by atoms with Crippen molar-refractivity contribution in [1.82, 2.24) is 14.8 Å². The topological polar surface area (TPSA) is 63.1 Å². The molecule has 2 aromatic rings. The molecule has 4 rings (SSSR count). The van der Waals surface area contributed by atoms with Crippen LogP contribution >= 0.6 is 11.8 Å². The van der Waals surface area contributed by atoms with Crippen molar-refractivity contribution < 1.29 is 4.79 Å². The molecule has 2 aliphatic rings. The van der Waals surface area contributed by atoms with Crippen molar-refractivity contribution in [2.75, 3.05) is 23.3 Å². The molecule has 1 aromatic heterocycles. The molecule has 1 N–H and O–H groups in total. The van der Waals surface area contributed by atoms with Crippen LogP contribution in [0.15, 0.2) is 23.4 Å². The molecule has 0 radical (unpaired) electrons. The number of aryl methyl sites for hydroxylation is 2. The lowest BCUT2D eigenvalue weighted by Crippen LogP contribution is -2.34. The molecule has 156 valence electrons. The van der Waals surface area contributed by atoms with Crippen molar-refractivity contribution in [2.24, 2.45) is 5.92 Å². The van der Waals surface area contributed by atoms with E-state index in [4.69, 9.17) is 0 Å². The first-order valence-corrected chi connectivity index (χ1v) is 11.5. The molecular weight excluding hydrogens is 382 g/mol. The van der Waals surface area contributed by atoms with Crippen molar-refractivity contribution >= 4 is 29.3 Å². The van der Waals surface area contributed by atoms with Crippen LogP contribution in [0, 0.1) is 19.8 Å². The summed E-state index contributed by atoms with van der Waals surface area (Å²) in [5.41, 5.74) is 3.15. The number of thioether (sulfide) groups is 1. The molecule has 1 unspecified atom stereocenters. The molecule has 0 spiro atoms. The number of hydrogen-bond acceptors (Lipinski definition) is 5. The minimum atomic E-state index is -0.244. The van der Waals surface area contributed by atoms with Crippen molar-refractivity contribution in [1.29, 1.82) is 0 Å². The summed E-state index contributed by atoms with van der Waals surface area (Å²) < 4.78 is 2.28. The van der Waals surface area contributed by atoms with E-state index in [1.165, 1.54) is 43.0 Å². The number of piperidine rings is 1. The number of aromatic nitrogens is 3. The zero-order valence-corrected chi connectivity index (χ0v) is 18.6. The smallest absolute Gasteiger partial charge is 0.237 e. The third-order valence-electron chi connectivity index (χ3n) is 5.92. The summed E-state index contributed by atoms with van der Waals surface area (Å²) in [6, 6.07) is 6.57. The van der Waals surface area contributed by atoms with Crippen LogP contribution in [0.1, 0.15) is 56.7 Å². The van der Waals surface area contributed by atoms with Crippen molar-refractivity contribution in [3.05, 3.63) is 29.3 Å². The fraction of sp³-hybridized carbons (Fsp3) is 0.591. The van der Waals surface area contributed by atoms with E-state index in [0.29, 0.717) is 6.04 Å². The average molecular weight is 414 g/mol. The lowest BCUT2D eigenvalue weighted by Gasteiger charge is -2.31. The van der Waals surface area contributed by atoms with Crippen LogP contribution in [0.4, 0.5) is 11.6 Å². The van der Waals surface area contributed by atoms with E-state index < -0.39 is 0 Å². The van der Waals surface area contributed by atoms with Gasteiger partial charge in [-0.2, -0.15) is 0 Å². The van der Waals surface area contributed by atoms with Crippen LogP contribution in [0.2, 0.25) is 0 Å². The molecule has 6 nitrogen and oxygen atoms in total. The Morgan fingerprint density at radius 3 is 2.55 bits per heavy atom. The van der Waals surface area contributed by atoms with E-state index in [1.807, 2.05) is 26.0 Å². The zero-order chi connectivity index (χ0) is 20.5. The Kier molecular flexibility index (Phi) is 5.86. The fourth-order valence-electron chi connectivity index (χ4n) is 3.83. The van der Waals surface area contributed by atoms with E-state index in [-0.39, 0.29) is 11.2 Å². The maximum Gasteiger partial charge on any atom is 0.237 e. The highest BCUT2D eigenvalue weighted by Gasteiger charge is 2.33. The van der Waals surface area contributed by atoms with Gasteiger partial charge in [-0.25, -0.2) is 0 Å². The molecule has 29 heavy (non-hydrogen) atoms. The molecule has 0 bridgehead atoms. The van der Waals surface area contributed by atoms with Gasteiger partial charge in [-0.1, -0.05) is 36.4 Å². The normalized spacial score (nSPS) is 18.7. The minimum Gasteiger partial charge on any atom is -0.341 e. The van der Waals surface area contributed by atoms with Gasteiger partial charge < -0.3 is 10.2 Å².